The molecule has 1 fully saturated rings. The second kappa shape index (κ2) is 7.30. The van der Waals surface area contributed by atoms with Crippen molar-refractivity contribution >= 4 is 28.4 Å². The van der Waals surface area contributed by atoms with Crippen LogP contribution in [-0.2, 0) is 0 Å². The number of hydrogen-bond acceptors (Lipinski definition) is 5. The quantitative estimate of drug-likeness (QED) is 0.497. The van der Waals surface area contributed by atoms with Crippen LogP contribution in [0.5, 0.6) is 0 Å². The predicted molar refractivity (Wildman–Crippen MR) is 117 cm³/mol. The van der Waals surface area contributed by atoms with Crippen LogP contribution in [0.15, 0.2) is 49.1 Å². The van der Waals surface area contributed by atoms with Gasteiger partial charge in [-0.05, 0) is 57.0 Å². The summed E-state index contributed by atoms with van der Waals surface area (Å²) in [5.74, 6) is -0.212. The number of benzene rings is 1. The number of rotatable bonds is 5. The minimum absolute atomic E-state index is 0.184. The van der Waals surface area contributed by atoms with Crippen LogP contribution in [0.3, 0.4) is 0 Å². The molecule has 0 saturated heterocycles. The highest BCUT2D eigenvalue weighted by Gasteiger charge is 2.44. The van der Waals surface area contributed by atoms with Gasteiger partial charge >= 0.3 is 0 Å². The molecule has 0 amide bonds. The Morgan fingerprint density at radius 1 is 1.26 bits per heavy atom. The number of aryl methyl sites for hydroxylation is 1. The smallest absolute Gasteiger partial charge is 0.237 e. The van der Waals surface area contributed by atoms with Gasteiger partial charge in [0.2, 0.25) is 11.9 Å². The van der Waals surface area contributed by atoms with Crippen molar-refractivity contribution in [3.63, 3.8) is 0 Å². The maximum atomic E-state index is 13.3. The van der Waals surface area contributed by atoms with E-state index in [4.69, 9.17) is 0 Å². The summed E-state index contributed by atoms with van der Waals surface area (Å²) in [5.41, 5.74) is 4.30. The van der Waals surface area contributed by atoms with Gasteiger partial charge in [0.1, 0.15) is 6.17 Å². The zero-order valence-corrected chi connectivity index (χ0v) is 17.6. The maximum absolute atomic E-state index is 13.3. The van der Waals surface area contributed by atoms with Crippen molar-refractivity contribution in [2.45, 2.75) is 39.4 Å². The molecule has 0 bridgehead atoms. The third kappa shape index (κ3) is 3.58. The Hall–Kier alpha value is -3.55. The minimum Gasteiger partial charge on any atom is -0.324 e. The van der Waals surface area contributed by atoms with Crippen molar-refractivity contribution in [3.8, 4) is 11.3 Å². The highest BCUT2D eigenvalue weighted by Crippen LogP contribution is 2.36. The maximum Gasteiger partial charge on any atom is 0.237 e. The van der Waals surface area contributed by atoms with Crippen molar-refractivity contribution in [2.75, 3.05) is 5.32 Å². The van der Waals surface area contributed by atoms with Crippen molar-refractivity contribution in [2.24, 2.45) is 5.92 Å². The number of hydrogen-bond donors (Lipinski definition) is 1. The van der Waals surface area contributed by atoms with E-state index >= 15 is 0 Å². The second-order valence-corrected chi connectivity index (χ2v) is 8.31. The molecule has 1 saturated carbocycles. The number of aromatic nitrogens is 5. The lowest BCUT2D eigenvalue weighted by atomic mass is 10.1. The minimum atomic E-state index is -1.01. The number of fused-ring (bicyclic) bond motifs is 1. The molecule has 1 aliphatic rings. The van der Waals surface area contributed by atoms with E-state index in [1.165, 1.54) is 4.57 Å². The number of carbonyl (C=O) groups is 1. The molecule has 0 unspecified atom stereocenters. The second-order valence-electron chi connectivity index (χ2n) is 8.31. The number of carbonyl (C=O) groups excluding carboxylic acids is 1. The molecular formula is C23H23FN6O. The van der Waals surface area contributed by atoms with Gasteiger partial charge < -0.3 is 5.32 Å². The zero-order chi connectivity index (χ0) is 21.7. The van der Waals surface area contributed by atoms with Crippen LogP contribution in [0.2, 0.25) is 0 Å². The Morgan fingerprint density at radius 3 is 2.77 bits per heavy atom. The largest absolute Gasteiger partial charge is 0.324 e. The summed E-state index contributed by atoms with van der Waals surface area (Å²) < 4.78 is 16.7. The van der Waals surface area contributed by atoms with Crippen LogP contribution in [0.25, 0.3) is 22.2 Å². The van der Waals surface area contributed by atoms with Gasteiger partial charge in [0, 0.05) is 41.3 Å². The first-order valence-corrected chi connectivity index (χ1v) is 10.4. The van der Waals surface area contributed by atoms with E-state index in [0.717, 1.165) is 33.4 Å². The summed E-state index contributed by atoms with van der Waals surface area (Å²) in [4.78, 5) is 21.5. The number of nitrogens with one attached hydrogen (secondary N) is 1. The Morgan fingerprint density at radius 2 is 2.06 bits per heavy atom. The predicted octanol–water partition coefficient (Wildman–Crippen LogP) is 4.93. The molecule has 5 rings (SSSR count). The molecular weight excluding hydrogens is 395 g/mol. The molecule has 1 N–H and O–H groups in total. The van der Waals surface area contributed by atoms with Crippen LogP contribution >= 0.6 is 0 Å². The van der Waals surface area contributed by atoms with Crippen LogP contribution in [0, 0.1) is 12.8 Å². The number of alkyl halides is 1. The molecule has 3 aromatic heterocycles. The van der Waals surface area contributed by atoms with Crippen molar-refractivity contribution < 1.29 is 9.18 Å². The van der Waals surface area contributed by atoms with Gasteiger partial charge in [-0.25, -0.2) is 14.4 Å². The molecule has 2 atom stereocenters. The monoisotopic (exact) mass is 418 g/mol. The van der Waals surface area contributed by atoms with Gasteiger partial charge in [-0.2, -0.15) is 5.10 Å². The highest BCUT2D eigenvalue weighted by molar-refractivity contribution is 5.96. The zero-order valence-electron chi connectivity index (χ0n) is 17.6. The van der Waals surface area contributed by atoms with Crippen LogP contribution in [0.4, 0.5) is 16.0 Å². The summed E-state index contributed by atoms with van der Waals surface area (Å²) in [6, 6.07) is 7.78. The number of nitrogens with zero attached hydrogens (tertiary/aromatic N) is 5. The highest BCUT2D eigenvalue weighted by atomic mass is 19.1. The summed E-state index contributed by atoms with van der Waals surface area (Å²) >= 11 is 0. The van der Waals surface area contributed by atoms with E-state index in [1.807, 2.05) is 48.3 Å². The van der Waals surface area contributed by atoms with Gasteiger partial charge in [0.15, 0.2) is 0 Å². The fourth-order valence-corrected chi connectivity index (χ4v) is 3.68. The van der Waals surface area contributed by atoms with E-state index in [0.29, 0.717) is 12.4 Å². The third-order valence-corrected chi connectivity index (χ3v) is 5.59. The number of halogens is 1. The van der Waals surface area contributed by atoms with Crippen LogP contribution in [-0.4, -0.2) is 36.4 Å². The summed E-state index contributed by atoms with van der Waals surface area (Å²) in [5, 5.41) is 8.53. The van der Waals surface area contributed by atoms with E-state index in [9.17, 15) is 9.18 Å². The first kappa shape index (κ1) is 19.4. The lowest BCUT2D eigenvalue weighted by molar-refractivity contribution is 0.0880. The van der Waals surface area contributed by atoms with Crippen molar-refractivity contribution in [1.29, 1.82) is 0 Å². The van der Waals surface area contributed by atoms with Crippen molar-refractivity contribution in [3.05, 3.63) is 54.6 Å². The lowest BCUT2D eigenvalue weighted by Crippen LogP contribution is -2.12. The molecule has 0 aliphatic heterocycles. The van der Waals surface area contributed by atoms with Crippen LogP contribution < -0.4 is 5.32 Å². The topological polar surface area (TPSA) is 77.6 Å². The molecule has 3 heterocycles. The molecule has 0 radical (unpaired) electrons. The molecule has 4 aromatic rings. The summed E-state index contributed by atoms with van der Waals surface area (Å²) in [6.07, 6.45) is 6.60. The molecule has 158 valence electrons. The third-order valence-electron chi connectivity index (χ3n) is 5.59. The van der Waals surface area contributed by atoms with Gasteiger partial charge in [-0.15, -0.1) is 0 Å². The standard InChI is InChI=1S/C23H23FN6O/c1-13(2)30-12-16(11-26-30)21-14(3)10-25-23(28-21)27-17-4-5-20-15(8-17)6-7-29(20)22(31)18-9-19(18)24/h4-8,10-13,18-19H,9H2,1-3H3,(H,25,27,28)/t18-,19+/m1/s1. The first-order chi connectivity index (χ1) is 14.9. The average molecular weight is 418 g/mol. The van der Waals surface area contributed by atoms with E-state index in [1.54, 1.807) is 12.4 Å². The molecule has 7 nitrogen and oxygen atoms in total. The summed E-state index contributed by atoms with van der Waals surface area (Å²) in [7, 11) is 0. The van der Waals surface area contributed by atoms with E-state index in [2.05, 4.69) is 34.2 Å². The fourth-order valence-electron chi connectivity index (χ4n) is 3.68. The van der Waals surface area contributed by atoms with Gasteiger partial charge in [0.05, 0.1) is 23.3 Å². The Labute approximate surface area is 178 Å². The first-order valence-electron chi connectivity index (χ1n) is 10.4. The van der Waals surface area contributed by atoms with Crippen molar-refractivity contribution in [1.82, 2.24) is 24.3 Å². The Balaban J connectivity index is 1.41. The fraction of sp³-hybridized carbons (Fsp3) is 0.304. The molecule has 1 aromatic carbocycles. The van der Waals surface area contributed by atoms with E-state index in [-0.39, 0.29) is 11.9 Å². The van der Waals surface area contributed by atoms with Crippen LogP contribution in [0.1, 0.15) is 36.7 Å². The van der Waals surface area contributed by atoms with Gasteiger partial charge in [-0.3, -0.25) is 14.0 Å². The normalized spacial score (nSPS) is 18.0. The molecule has 1 aliphatic carbocycles. The van der Waals surface area contributed by atoms with E-state index < -0.39 is 12.1 Å². The molecule has 31 heavy (non-hydrogen) atoms. The summed E-state index contributed by atoms with van der Waals surface area (Å²) in [6.45, 7) is 6.13. The Bertz CT molecular complexity index is 1290. The average Bonchev–Trinajstić information content (AvgIpc) is 3.15. The van der Waals surface area contributed by atoms with Gasteiger partial charge in [-0.1, -0.05) is 0 Å². The molecule has 8 heteroatoms. The molecule has 0 spiro atoms. The SMILES string of the molecule is Cc1cnc(Nc2ccc3c(ccn3C(=O)[C@@H]3C[C@@H]3F)c2)nc1-c1cnn(C(C)C)c1. The number of anilines is 2. The Kier molecular flexibility index (Phi) is 4.57. The van der Waals surface area contributed by atoms with Gasteiger partial charge in [0.25, 0.3) is 0 Å². The lowest BCUT2D eigenvalue weighted by Gasteiger charge is -2.09.